The van der Waals surface area contributed by atoms with Crippen LogP contribution in [0.5, 0.6) is 5.88 Å². The molecule has 0 aliphatic heterocycles. The van der Waals surface area contributed by atoms with Crippen LogP contribution >= 0.6 is 0 Å². The molecule has 2 aromatic heterocycles. The number of aryl methyl sites for hydroxylation is 1. The fourth-order valence-corrected chi connectivity index (χ4v) is 1.15. The molecule has 0 unspecified atom stereocenters. The van der Waals surface area contributed by atoms with Crippen LogP contribution in [0.2, 0.25) is 0 Å². The average Bonchev–Trinajstić information content (AvgIpc) is 2.71. The number of nitrogens with one attached hydrogen (secondary N) is 1. The monoisotopic (exact) mass is 190 g/mol. The molecule has 0 radical (unpaired) electrons. The predicted molar refractivity (Wildman–Crippen MR) is 50.9 cm³/mol. The van der Waals surface area contributed by atoms with E-state index < -0.39 is 0 Å². The van der Waals surface area contributed by atoms with Gasteiger partial charge in [0.15, 0.2) is 5.82 Å². The van der Waals surface area contributed by atoms with Gasteiger partial charge in [-0.05, 0) is 6.92 Å². The number of aromatic amines is 1. The minimum atomic E-state index is 0.594. The first kappa shape index (κ1) is 8.68. The van der Waals surface area contributed by atoms with Crippen LogP contribution in [0.4, 0.5) is 0 Å². The summed E-state index contributed by atoms with van der Waals surface area (Å²) in [6, 6.07) is 0. The number of ether oxygens (including phenoxy) is 1. The summed E-state index contributed by atoms with van der Waals surface area (Å²) in [7, 11) is 1.59. The second-order valence-electron chi connectivity index (χ2n) is 2.87. The second-order valence-corrected chi connectivity index (χ2v) is 2.87. The SMILES string of the molecule is COc1nc(-c2cn[nH]c2)ncc1C. The number of nitrogens with zero attached hydrogens (tertiary/aromatic N) is 3. The smallest absolute Gasteiger partial charge is 0.219 e. The number of H-pyrrole nitrogens is 1. The third-order valence-corrected chi connectivity index (χ3v) is 1.88. The van der Waals surface area contributed by atoms with Crippen molar-refractivity contribution < 1.29 is 4.74 Å². The van der Waals surface area contributed by atoms with Gasteiger partial charge < -0.3 is 4.74 Å². The Hall–Kier alpha value is -1.91. The van der Waals surface area contributed by atoms with Gasteiger partial charge in [-0.15, -0.1) is 0 Å². The summed E-state index contributed by atoms with van der Waals surface area (Å²) in [5, 5.41) is 6.54. The number of hydrogen-bond acceptors (Lipinski definition) is 4. The molecule has 14 heavy (non-hydrogen) atoms. The molecule has 5 nitrogen and oxygen atoms in total. The molecule has 72 valence electrons. The molecule has 0 spiro atoms. The molecular weight excluding hydrogens is 180 g/mol. The van der Waals surface area contributed by atoms with Gasteiger partial charge in [-0.25, -0.2) is 4.98 Å². The summed E-state index contributed by atoms with van der Waals surface area (Å²) in [5.74, 6) is 1.21. The third-order valence-electron chi connectivity index (χ3n) is 1.88. The highest BCUT2D eigenvalue weighted by molar-refractivity contribution is 5.52. The fraction of sp³-hybridized carbons (Fsp3) is 0.222. The number of rotatable bonds is 2. The summed E-state index contributed by atoms with van der Waals surface area (Å²) < 4.78 is 5.10. The van der Waals surface area contributed by atoms with Gasteiger partial charge in [-0.2, -0.15) is 10.1 Å². The van der Waals surface area contributed by atoms with E-state index in [4.69, 9.17) is 4.74 Å². The van der Waals surface area contributed by atoms with Crippen molar-refractivity contribution in [1.29, 1.82) is 0 Å². The molecule has 0 aliphatic rings. The van der Waals surface area contributed by atoms with Crippen molar-refractivity contribution in [1.82, 2.24) is 20.2 Å². The summed E-state index contributed by atoms with van der Waals surface area (Å²) in [6.07, 6.45) is 5.14. The molecule has 1 N–H and O–H groups in total. The molecule has 2 rings (SSSR count). The first-order chi connectivity index (χ1) is 6.81. The van der Waals surface area contributed by atoms with Gasteiger partial charge in [-0.1, -0.05) is 0 Å². The van der Waals surface area contributed by atoms with Gasteiger partial charge in [0, 0.05) is 18.0 Å². The number of aromatic nitrogens is 4. The molecule has 0 atom stereocenters. The molecule has 0 aliphatic carbocycles. The van der Waals surface area contributed by atoms with E-state index in [-0.39, 0.29) is 0 Å². The summed E-state index contributed by atoms with van der Waals surface area (Å²) in [4.78, 5) is 8.42. The molecule has 2 heterocycles. The van der Waals surface area contributed by atoms with Crippen molar-refractivity contribution >= 4 is 0 Å². The van der Waals surface area contributed by atoms with Gasteiger partial charge in [-0.3, -0.25) is 5.10 Å². The number of hydrogen-bond donors (Lipinski definition) is 1. The van der Waals surface area contributed by atoms with E-state index in [1.165, 1.54) is 0 Å². The second kappa shape index (κ2) is 3.45. The van der Waals surface area contributed by atoms with Gasteiger partial charge in [0.1, 0.15) is 0 Å². The van der Waals surface area contributed by atoms with Crippen LogP contribution in [-0.4, -0.2) is 27.3 Å². The van der Waals surface area contributed by atoms with Crippen molar-refractivity contribution in [2.45, 2.75) is 6.92 Å². The third kappa shape index (κ3) is 1.44. The normalized spacial score (nSPS) is 10.1. The van der Waals surface area contributed by atoms with E-state index in [1.54, 1.807) is 25.7 Å². The Morgan fingerprint density at radius 3 is 2.86 bits per heavy atom. The Bertz CT molecular complexity index is 424. The van der Waals surface area contributed by atoms with E-state index in [2.05, 4.69) is 20.2 Å². The summed E-state index contributed by atoms with van der Waals surface area (Å²) in [6.45, 7) is 1.90. The molecule has 0 saturated heterocycles. The molecule has 0 amide bonds. The zero-order valence-corrected chi connectivity index (χ0v) is 7.98. The van der Waals surface area contributed by atoms with E-state index in [9.17, 15) is 0 Å². The Kier molecular flexibility index (Phi) is 2.14. The lowest BCUT2D eigenvalue weighted by Crippen LogP contribution is -1.95. The van der Waals surface area contributed by atoms with Crippen LogP contribution in [0, 0.1) is 6.92 Å². The van der Waals surface area contributed by atoms with E-state index in [0.29, 0.717) is 11.7 Å². The van der Waals surface area contributed by atoms with Crippen molar-refractivity contribution in [2.24, 2.45) is 0 Å². The highest BCUT2D eigenvalue weighted by Gasteiger charge is 2.06. The first-order valence-electron chi connectivity index (χ1n) is 4.18. The van der Waals surface area contributed by atoms with Crippen molar-refractivity contribution in [3.05, 3.63) is 24.2 Å². The zero-order valence-electron chi connectivity index (χ0n) is 7.98. The summed E-state index contributed by atoms with van der Waals surface area (Å²) >= 11 is 0. The van der Waals surface area contributed by atoms with E-state index >= 15 is 0 Å². The lowest BCUT2D eigenvalue weighted by atomic mass is 10.3. The topological polar surface area (TPSA) is 63.7 Å². The molecule has 0 aromatic carbocycles. The lowest BCUT2D eigenvalue weighted by molar-refractivity contribution is 0.394. The lowest BCUT2D eigenvalue weighted by Gasteiger charge is -2.03. The minimum absolute atomic E-state index is 0.594. The first-order valence-corrected chi connectivity index (χ1v) is 4.18. The van der Waals surface area contributed by atoms with Gasteiger partial charge in [0.2, 0.25) is 5.88 Å². The molecule has 0 saturated carbocycles. The Morgan fingerprint density at radius 1 is 1.36 bits per heavy atom. The van der Waals surface area contributed by atoms with Crippen molar-refractivity contribution in [3.8, 4) is 17.3 Å². The van der Waals surface area contributed by atoms with Gasteiger partial charge in [0.25, 0.3) is 0 Å². The Labute approximate surface area is 81.2 Å². The Balaban J connectivity index is 2.46. The summed E-state index contributed by atoms with van der Waals surface area (Å²) in [5.41, 5.74) is 1.77. The van der Waals surface area contributed by atoms with Crippen LogP contribution in [0.25, 0.3) is 11.4 Å². The van der Waals surface area contributed by atoms with Crippen molar-refractivity contribution in [3.63, 3.8) is 0 Å². The molecular formula is C9H10N4O. The molecule has 0 fully saturated rings. The van der Waals surface area contributed by atoms with Crippen LogP contribution < -0.4 is 4.74 Å². The van der Waals surface area contributed by atoms with E-state index in [0.717, 1.165) is 11.1 Å². The largest absolute Gasteiger partial charge is 0.481 e. The predicted octanol–water partition coefficient (Wildman–Crippen LogP) is 1.18. The minimum Gasteiger partial charge on any atom is -0.481 e. The molecule has 5 heteroatoms. The maximum absolute atomic E-state index is 5.10. The van der Waals surface area contributed by atoms with E-state index in [1.807, 2.05) is 6.92 Å². The number of methoxy groups -OCH3 is 1. The average molecular weight is 190 g/mol. The van der Waals surface area contributed by atoms with Crippen LogP contribution in [-0.2, 0) is 0 Å². The van der Waals surface area contributed by atoms with Crippen molar-refractivity contribution in [2.75, 3.05) is 7.11 Å². The van der Waals surface area contributed by atoms with Gasteiger partial charge in [0.05, 0.1) is 18.9 Å². The molecule has 0 bridgehead atoms. The van der Waals surface area contributed by atoms with Crippen LogP contribution in [0.1, 0.15) is 5.56 Å². The quantitative estimate of drug-likeness (QED) is 0.772. The maximum atomic E-state index is 5.10. The van der Waals surface area contributed by atoms with Crippen LogP contribution in [0.3, 0.4) is 0 Å². The zero-order chi connectivity index (χ0) is 9.97. The highest BCUT2D eigenvalue weighted by atomic mass is 16.5. The van der Waals surface area contributed by atoms with Gasteiger partial charge >= 0.3 is 0 Å². The fourth-order valence-electron chi connectivity index (χ4n) is 1.15. The maximum Gasteiger partial charge on any atom is 0.219 e. The van der Waals surface area contributed by atoms with Crippen LogP contribution in [0.15, 0.2) is 18.6 Å². The standard InChI is InChI=1S/C9H10N4O/c1-6-3-10-8(13-9(6)14-2)7-4-11-12-5-7/h3-5H,1-2H3,(H,11,12). The Morgan fingerprint density at radius 2 is 2.21 bits per heavy atom. The molecule has 2 aromatic rings. The highest BCUT2D eigenvalue weighted by Crippen LogP contribution is 2.18.